The largest absolute Gasteiger partial charge is 0.465 e. The topological polar surface area (TPSA) is 106 Å². The lowest BCUT2D eigenvalue weighted by Gasteiger charge is -2.47. The Balaban J connectivity index is 2.60. The third-order valence-corrected chi connectivity index (χ3v) is 3.94. The fourth-order valence-corrected chi connectivity index (χ4v) is 2.61. The Morgan fingerprint density at radius 3 is 2.00 bits per heavy atom. The van der Waals surface area contributed by atoms with Crippen molar-refractivity contribution in [2.24, 2.45) is 0 Å². The fraction of sp³-hybridized carbons (Fsp3) is 0.562. The quantitative estimate of drug-likeness (QED) is 0.435. The number of ether oxygens (including phenoxy) is 5. The molecule has 0 spiro atoms. The Kier molecular flexibility index (Phi) is 5.19. The lowest BCUT2D eigenvalue weighted by molar-refractivity contribution is -0.386. The highest BCUT2D eigenvalue weighted by Crippen LogP contribution is 2.47. The predicted octanol–water partition coefficient (Wildman–Crippen LogP) is 2.66. The number of carbonyl (C=O) groups is 1. The van der Waals surface area contributed by atoms with Crippen LogP contribution in [-0.4, -0.2) is 42.8 Å². The molecule has 0 bridgehead atoms. The molecule has 0 aromatic heterocycles. The van der Waals surface area contributed by atoms with Gasteiger partial charge in [-0.3, -0.25) is 10.1 Å². The average molecular weight is 355 g/mol. The molecule has 0 saturated heterocycles. The summed E-state index contributed by atoms with van der Waals surface area (Å²) in [5.74, 6) is -3.32. The molecule has 25 heavy (non-hydrogen) atoms. The number of methoxy groups -OCH3 is 1. The summed E-state index contributed by atoms with van der Waals surface area (Å²) in [6.07, 6.45) is 0. The summed E-state index contributed by atoms with van der Waals surface area (Å²) in [5.41, 5.74) is -0.693. The van der Waals surface area contributed by atoms with Gasteiger partial charge in [0.25, 0.3) is 17.3 Å². The van der Waals surface area contributed by atoms with Crippen LogP contribution in [0.25, 0.3) is 0 Å². The molecule has 9 nitrogen and oxygen atoms in total. The lowest BCUT2D eigenvalue weighted by Crippen LogP contribution is -2.63. The molecule has 1 aromatic carbocycles. The van der Waals surface area contributed by atoms with Gasteiger partial charge in [-0.05, 0) is 13.8 Å². The van der Waals surface area contributed by atoms with Crippen LogP contribution in [0, 0.1) is 10.1 Å². The van der Waals surface area contributed by atoms with Crippen LogP contribution in [0.2, 0.25) is 0 Å². The maximum Gasteiger partial charge on any atom is 0.345 e. The van der Waals surface area contributed by atoms with Crippen molar-refractivity contribution in [1.82, 2.24) is 0 Å². The first-order chi connectivity index (χ1) is 11.7. The number of nitrogens with zero attached hydrogens (tertiary/aromatic N) is 1. The van der Waals surface area contributed by atoms with Gasteiger partial charge in [-0.25, -0.2) is 4.79 Å². The van der Waals surface area contributed by atoms with Gasteiger partial charge < -0.3 is 23.7 Å². The SMILES string of the molecule is CCOC1(C)Oc2cc(C(=O)OC)c([N+](=O)[O-])cc2OC1(C)OCC. The highest BCUT2D eigenvalue weighted by atomic mass is 16.8. The van der Waals surface area contributed by atoms with E-state index >= 15 is 0 Å². The highest BCUT2D eigenvalue weighted by molar-refractivity contribution is 5.95. The van der Waals surface area contributed by atoms with Crippen molar-refractivity contribution in [3.63, 3.8) is 0 Å². The fourth-order valence-electron chi connectivity index (χ4n) is 2.61. The molecule has 0 amide bonds. The Morgan fingerprint density at radius 1 is 1.12 bits per heavy atom. The number of esters is 1. The molecule has 1 aromatic rings. The maximum absolute atomic E-state index is 11.9. The zero-order valence-corrected chi connectivity index (χ0v) is 14.8. The molecule has 0 radical (unpaired) electrons. The summed E-state index contributed by atoms with van der Waals surface area (Å²) in [7, 11) is 1.14. The first-order valence-corrected chi connectivity index (χ1v) is 7.78. The number of nitro benzene ring substituents is 1. The molecule has 0 saturated carbocycles. The Morgan fingerprint density at radius 2 is 1.60 bits per heavy atom. The van der Waals surface area contributed by atoms with E-state index in [0.717, 1.165) is 13.2 Å². The third kappa shape index (κ3) is 3.24. The second-order valence-corrected chi connectivity index (χ2v) is 5.53. The van der Waals surface area contributed by atoms with Crippen LogP contribution in [0.15, 0.2) is 12.1 Å². The lowest BCUT2D eigenvalue weighted by atomic mass is 10.1. The van der Waals surface area contributed by atoms with Crippen LogP contribution in [0.5, 0.6) is 11.5 Å². The molecule has 2 unspecified atom stereocenters. The van der Waals surface area contributed by atoms with E-state index in [9.17, 15) is 14.9 Å². The molecule has 2 atom stereocenters. The Hall–Kier alpha value is -2.39. The molecule has 138 valence electrons. The van der Waals surface area contributed by atoms with E-state index < -0.39 is 28.2 Å². The minimum absolute atomic E-state index is 0.0764. The van der Waals surface area contributed by atoms with Crippen LogP contribution < -0.4 is 9.47 Å². The normalized spacial score (nSPS) is 24.7. The van der Waals surface area contributed by atoms with Gasteiger partial charge in [-0.2, -0.15) is 0 Å². The molecule has 1 aliphatic rings. The van der Waals surface area contributed by atoms with Gasteiger partial charge in [0, 0.05) is 33.1 Å². The van der Waals surface area contributed by atoms with Crippen molar-refractivity contribution in [2.75, 3.05) is 20.3 Å². The summed E-state index contributed by atoms with van der Waals surface area (Å²) < 4.78 is 27.7. The van der Waals surface area contributed by atoms with E-state index in [4.69, 9.17) is 18.9 Å². The summed E-state index contributed by atoms with van der Waals surface area (Å²) in [4.78, 5) is 22.5. The third-order valence-electron chi connectivity index (χ3n) is 3.94. The molecule has 0 aliphatic carbocycles. The van der Waals surface area contributed by atoms with Crippen LogP contribution in [0.1, 0.15) is 38.1 Å². The molecule has 9 heteroatoms. The first kappa shape index (κ1) is 18.9. The van der Waals surface area contributed by atoms with E-state index in [-0.39, 0.29) is 17.1 Å². The van der Waals surface area contributed by atoms with E-state index in [1.807, 2.05) is 0 Å². The van der Waals surface area contributed by atoms with Gasteiger partial charge in [0.05, 0.1) is 18.1 Å². The minimum Gasteiger partial charge on any atom is -0.465 e. The van der Waals surface area contributed by atoms with Crippen molar-refractivity contribution in [3.8, 4) is 11.5 Å². The van der Waals surface area contributed by atoms with Crippen LogP contribution in [-0.2, 0) is 14.2 Å². The van der Waals surface area contributed by atoms with E-state index in [2.05, 4.69) is 4.74 Å². The van der Waals surface area contributed by atoms with Gasteiger partial charge >= 0.3 is 5.97 Å². The molecule has 2 rings (SSSR count). The summed E-state index contributed by atoms with van der Waals surface area (Å²) in [5, 5.41) is 11.3. The summed E-state index contributed by atoms with van der Waals surface area (Å²) >= 11 is 0. The molecule has 1 heterocycles. The van der Waals surface area contributed by atoms with Crippen molar-refractivity contribution >= 4 is 11.7 Å². The van der Waals surface area contributed by atoms with Crippen molar-refractivity contribution in [1.29, 1.82) is 0 Å². The number of benzene rings is 1. The average Bonchev–Trinajstić information content (AvgIpc) is 2.54. The standard InChI is InChI=1S/C16H21NO8/c1-6-22-15(3)16(4,23-7-2)25-13-9-11(17(19)20)10(14(18)21-5)8-12(13)24-15/h8-9H,6-7H2,1-5H3. The molecule has 0 N–H and O–H groups in total. The zero-order chi connectivity index (χ0) is 18.8. The predicted molar refractivity (Wildman–Crippen MR) is 85.8 cm³/mol. The van der Waals surface area contributed by atoms with Crippen LogP contribution >= 0.6 is 0 Å². The van der Waals surface area contributed by atoms with E-state index in [1.54, 1.807) is 27.7 Å². The summed E-state index contributed by atoms with van der Waals surface area (Å²) in [6, 6.07) is 2.33. The monoisotopic (exact) mass is 355 g/mol. The van der Waals surface area contributed by atoms with Crippen LogP contribution in [0.3, 0.4) is 0 Å². The van der Waals surface area contributed by atoms with Crippen molar-refractivity contribution in [2.45, 2.75) is 39.3 Å². The number of nitro groups is 1. The number of fused-ring (bicyclic) bond motifs is 1. The smallest absolute Gasteiger partial charge is 0.345 e. The van der Waals surface area contributed by atoms with Gasteiger partial charge in [0.15, 0.2) is 11.5 Å². The molecular formula is C16H21NO8. The molecule has 0 fully saturated rings. The molecule has 1 aliphatic heterocycles. The second kappa shape index (κ2) is 6.85. The van der Waals surface area contributed by atoms with Gasteiger partial charge in [0.2, 0.25) is 0 Å². The van der Waals surface area contributed by atoms with E-state index in [0.29, 0.717) is 13.2 Å². The number of carbonyl (C=O) groups excluding carboxylic acids is 1. The van der Waals surface area contributed by atoms with Gasteiger partial charge in [-0.15, -0.1) is 0 Å². The maximum atomic E-state index is 11.9. The Labute approximate surface area is 144 Å². The number of hydrogen-bond donors (Lipinski definition) is 0. The van der Waals surface area contributed by atoms with Gasteiger partial charge in [0.1, 0.15) is 5.56 Å². The number of rotatable bonds is 6. The van der Waals surface area contributed by atoms with Crippen molar-refractivity contribution < 1.29 is 33.4 Å². The van der Waals surface area contributed by atoms with Gasteiger partial charge in [-0.1, -0.05) is 0 Å². The molecular weight excluding hydrogens is 334 g/mol. The Bertz CT molecular complexity index is 691. The van der Waals surface area contributed by atoms with E-state index in [1.165, 1.54) is 6.07 Å². The zero-order valence-electron chi connectivity index (χ0n) is 14.8. The second-order valence-electron chi connectivity index (χ2n) is 5.53. The minimum atomic E-state index is -1.34. The number of hydrogen-bond acceptors (Lipinski definition) is 8. The summed E-state index contributed by atoms with van der Waals surface area (Å²) in [6.45, 7) is 7.43. The highest BCUT2D eigenvalue weighted by Gasteiger charge is 2.56. The first-order valence-electron chi connectivity index (χ1n) is 7.78. The van der Waals surface area contributed by atoms with Crippen LogP contribution in [0.4, 0.5) is 5.69 Å². The van der Waals surface area contributed by atoms with Crippen molar-refractivity contribution in [3.05, 3.63) is 27.8 Å².